The number of benzene rings is 2. The van der Waals surface area contributed by atoms with Crippen LogP contribution in [0.2, 0.25) is 0 Å². The molecule has 1 aliphatic carbocycles. The van der Waals surface area contributed by atoms with E-state index >= 15 is 0 Å². The van der Waals surface area contributed by atoms with Crippen LogP contribution >= 0.6 is 0 Å². The Kier molecular flexibility index (Phi) is 4.26. The van der Waals surface area contributed by atoms with Gasteiger partial charge in [-0.05, 0) is 42.5 Å². The molecular formula is C21H24N2O3S. The highest BCUT2D eigenvalue weighted by Crippen LogP contribution is 2.51. The van der Waals surface area contributed by atoms with Crippen molar-refractivity contribution in [2.45, 2.75) is 31.7 Å². The number of hydrogen-bond donors (Lipinski definition) is 0. The third-order valence-electron chi connectivity index (χ3n) is 5.70. The summed E-state index contributed by atoms with van der Waals surface area (Å²) in [5.74, 6) is 0.113. The summed E-state index contributed by atoms with van der Waals surface area (Å²) in [6.45, 7) is 3.17. The molecule has 27 heavy (non-hydrogen) atoms. The lowest BCUT2D eigenvalue weighted by Crippen LogP contribution is -2.42. The predicted octanol–water partition coefficient (Wildman–Crippen LogP) is 2.84. The van der Waals surface area contributed by atoms with E-state index in [0.29, 0.717) is 18.8 Å². The molecule has 142 valence electrons. The molecule has 1 fully saturated rings. The molecule has 0 saturated heterocycles. The zero-order chi connectivity index (χ0) is 19.2. The smallest absolute Gasteiger partial charge is 0.233 e. The second-order valence-electron chi connectivity index (χ2n) is 7.59. The lowest BCUT2D eigenvalue weighted by Gasteiger charge is -2.27. The molecule has 5 nitrogen and oxygen atoms in total. The lowest BCUT2D eigenvalue weighted by atomic mass is 9.90. The van der Waals surface area contributed by atoms with Crippen LogP contribution in [0.25, 0.3) is 0 Å². The standard InChI is InChI=1S/C21H24N2O3S/c1-16-7-3-5-9-18(16)21(11-12-21)20(24)22-13-14-23(27(2,25)26)19-10-6-4-8-17(19)15-22/h3-10H,11-15H2,1-2H3. The van der Waals surface area contributed by atoms with Crippen LogP contribution in [0, 0.1) is 6.92 Å². The summed E-state index contributed by atoms with van der Waals surface area (Å²) in [5, 5.41) is 0. The molecule has 0 radical (unpaired) electrons. The number of hydrogen-bond acceptors (Lipinski definition) is 3. The second-order valence-corrected chi connectivity index (χ2v) is 9.49. The number of para-hydroxylation sites is 1. The highest BCUT2D eigenvalue weighted by molar-refractivity contribution is 7.92. The molecule has 1 saturated carbocycles. The summed E-state index contributed by atoms with van der Waals surface area (Å²) in [6.07, 6.45) is 2.92. The van der Waals surface area contributed by atoms with Crippen molar-refractivity contribution in [3.05, 3.63) is 65.2 Å². The number of carbonyl (C=O) groups is 1. The fourth-order valence-electron chi connectivity index (χ4n) is 4.16. The molecule has 0 aromatic heterocycles. The first kappa shape index (κ1) is 18.0. The monoisotopic (exact) mass is 384 g/mol. The molecule has 0 bridgehead atoms. The van der Waals surface area contributed by atoms with Gasteiger partial charge in [0.15, 0.2) is 0 Å². The average molecular weight is 385 g/mol. The maximum Gasteiger partial charge on any atom is 0.233 e. The van der Waals surface area contributed by atoms with Crippen LogP contribution < -0.4 is 4.31 Å². The maximum atomic E-state index is 13.5. The van der Waals surface area contributed by atoms with Crippen LogP contribution in [0.3, 0.4) is 0 Å². The van der Waals surface area contributed by atoms with E-state index in [-0.39, 0.29) is 12.5 Å². The number of aryl methyl sites for hydroxylation is 1. The zero-order valence-corrected chi connectivity index (χ0v) is 16.5. The fourth-order valence-corrected chi connectivity index (χ4v) is 5.11. The van der Waals surface area contributed by atoms with Crippen molar-refractivity contribution in [3.8, 4) is 0 Å². The SMILES string of the molecule is Cc1ccccc1C1(C(=O)N2CCN(S(C)(=O)=O)c3ccccc3C2)CC1. The van der Waals surface area contributed by atoms with E-state index in [0.717, 1.165) is 29.5 Å². The molecule has 6 heteroatoms. The lowest BCUT2D eigenvalue weighted by molar-refractivity contribution is -0.134. The fraction of sp³-hybridized carbons (Fsp3) is 0.381. The molecule has 1 heterocycles. The van der Waals surface area contributed by atoms with Crippen molar-refractivity contribution in [1.29, 1.82) is 0 Å². The van der Waals surface area contributed by atoms with Crippen molar-refractivity contribution in [3.63, 3.8) is 0 Å². The maximum absolute atomic E-state index is 13.5. The van der Waals surface area contributed by atoms with Crippen LogP contribution in [0.1, 0.15) is 29.5 Å². The van der Waals surface area contributed by atoms with Gasteiger partial charge in [-0.1, -0.05) is 42.5 Å². The Hall–Kier alpha value is -2.34. The Morgan fingerprint density at radius 1 is 1.00 bits per heavy atom. The van der Waals surface area contributed by atoms with Crippen molar-refractivity contribution in [1.82, 2.24) is 4.90 Å². The number of anilines is 1. The van der Waals surface area contributed by atoms with Gasteiger partial charge in [-0.2, -0.15) is 0 Å². The largest absolute Gasteiger partial charge is 0.336 e. The van der Waals surface area contributed by atoms with E-state index in [4.69, 9.17) is 0 Å². The minimum Gasteiger partial charge on any atom is -0.336 e. The molecule has 0 N–H and O–H groups in total. The zero-order valence-electron chi connectivity index (χ0n) is 15.7. The van der Waals surface area contributed by atoms with Crippen LogP contribution in [-0.2, 0) is 26.8 Å². The molecule has 2 aromatic rings. The normalized spacial score (nSPS) is 18.6. The quantitative estimate of drug-likeness (QED) is 0.818. The Morgan fingerprint density at radius 2 is 1.67 bits per heavy atom. The number of sulfonamides is 1. The third-order valence-corrected chi connectivity index (χ3v) is 6.88. The molecule has 1 amide bonds. The van der Waals surface area contributed by atoms with Gasteiger partial charge in [0.1, 0.15) is 0 Å². The number of rotatable bonds is 3. The molecule has 0 unspecified atom stereocenters. The van der Waals surface area contributed by atoms with E-state index in [2.05, 4.69) is 6.07 Å². The number of carbonyl (C=O) groups excluding carboxylic acids is 1. The van der Waals surface area contributed by atoms with E-state index in [9.17, 15) is 13.2 Å². The van der Waals surface area contributed by atoms with Gasteiger partial charge in [-0.25, -0.2) is 8.42 Å². The van der Waals surface area contributed by atoms with Crippen molar-refractivity contribution < 1.29 is 13.2 Å². The molecule has 1 aliphatic heterocycles. The van der Waals surface area contributed by atoms with Crippen molar-refractivity contribution in [2.24, 2.45) is 0 Å². The number of nitrogens with zero attached hydrogens (tertiary/aromatic N) is 2. The Labute approximate surface area is 160 Å². The van der Waals surface area contributed by atoms with Gasteiger partial charge in [0.25, 0.3) is 0 Å². The van der Waals surface area contributed by atoms with E-state index in [1.165, 1.54) is 10.6 Å². The highest BCUT2D eigenvalue weighted by Gasteiger charge is 2.53. The van der Waals surface area contributed by atoms with Gasteiger partial charge in [-0.15, -0.1) is 0 Å². The van der Waals surface area contributed by atoms with Gasteiger partial charge < -0.3 is 4.90 Å². The van der Waals surface area contributed by atoms with Crippen LogP contribution in [0.15, 0.2) is 48.5 Å². The topological polar surface area (TPSA) is 57.7 Å². The predicted molar refractivity (Wildman–Crippen MR) is 106 cm³/mol. The van der Waals surface area contributed by atoms with Crippen molar-refractivity contribution in [2.75, 3.05) is 23.7 Å². The van der Waals surface area contributed by atoms with E-state index in [1.54, 1.807) is 0 Å². The van der Waals surface area contributed by atoms with Gasteiger partial charge in [-0.3, -0.25) is 9.10 Å². The average Bonchev–Trinajstić information content (AvgIpc) is 3.44. The Bertz CT molecular complexity index is 996. The Balaban J connectivity index is 1.69. The summed E-state index contributed by atoms with van der Waals surface area (Å²) in [6, 6.07) is 15.5. The molecule has 0 atom stereocenters. The third kappa shape index (κ3) is 3.12. The van der Waals surface area contributed by atoms with Gasteiger partial charge in [0.2, 0.25) is 15.9 Å². The van der Waals surface area contributed by atoms with Crippen LogP contribution in [0.5, 0.6) is 0 Å². The van der Waals surface area contributed by atoms with Crippen LogP contribution in [-0.4, -0.2) is 38.6 Å². The second kappa shape index (κ2) is 6.37. The minimum absolute atomic E-state index is 0.113. The minimum atomic E-state index is -3.40. The van der Waals surface area contributed by atoms with Gasteiger partial charge >= 0.3 is 0 Å². The first-order chi connectivity index (χ1) is 12.8. The molecule has 4 rings (SSSR count). The summed E-state index contributed by atoms with van der Waals surface area (Å²) in [5.41, 5.74) is 3.34. The highest BCUT2D eigenvalue weighted by atomic mass is 32.2. The summed E-state index contributed by atoms with van der Waals surface area (Å²) >= 11 is 0. The number of fused-ring (bicyclic) bond motifs is 1. The first-order valence-electron chi connectivity index (χ1n) is 9.24. The summed E-state index contributed by atoms with van der Waals surface area (Å²) < 4.78 is 26.0. The molecule has 2 aliphatic rings. The Morgan fingerprint density at radius 3 is 2.33 bits per heavy atom. The van der Waals surface area contributed by atoms with Gasteiger partial charge in [0, 0.05) is 13.1 Å². The van der Waals surface area contributed by atoms with E-state index < -0.39 is 15.4 Å². The van der Waals surface area contributed by atoms with E-state index in [1.807, 2.05) is 54.3 Å². The summed E-state index contributed by atoms with van der Waals surface area (Å²) in [4.78, 5) is 15.3. The first-order valence-corrected chi connectivity index (χ1v) is 11.1. The molecular weight excluding hydrogens is 360 g/mol. The molecule has 0 spiro atoms. The number of amides is 1. The van der Waals surface area contributed by atoms with Crippen LogP contribution in [0.4, 0.5) is 5.69 Å². The molecule has 2 aromatic carbocycles. The van der Waals surface area contributed by atoms with Crippen molar-refractivity contribution >= 4 is 21.6 Å². The summed E-state index contributed by atoms with van der Waals surface area (Å²) in [7, 11) is -3.40. The van der Waals surface area contributed by atoms with Gasteiger partial charge in [0.05, 0.1) is 23.9 Å².